The number of aromatic nitrogens is 3. The van der Waals surface area contributed by atoms with Gasteiger partial charge in [-0.2, -0.15) is 5.26 Å². The normalized spacial score (nSPS) is 12.3. The molecule has 1 unspecified atom stereocenters. The standard InChI is InChI=1S/C9H15N5OS/c1-3-14-8(15)12-13-9(14)16-5-4-7(6-10)11-2/h7,11H,3-5H2,1-2H3,(H,12,15). The quantitative estimate of drug-likeness (QED) is 0.694. The Bertz CT molecular complexity index is 418. The van der Waals surface area contributed by atoms with Crippen LogP contribution in [0.1, 0.15) is 13.3 Å². The van der Waals surface area contributed by atoms with E-state index in [2.05, 4.69) is 21.6 Å². The molecule has 0 radical (unpaired) electrons. The molecule has 0 spiro atoms. The van der Waals surface area contributed by atoms with Crippen LogP contribution in [0.4, 0.5) is 0 Å². The van der Waals surface area contributed by atoms with Crippen LogP contribution >= 0.6 is 11.8 Å². The Morgan fingerprint density at radius 3 is 3.06 bits per heavy atom. The van der Waals surface area contributed by atoms with Crippen LogP contribution in [0.3, 0.4) is 0 Å². The SMILES string of the molecule is CCn1c(SCCC(C#N)NC)n[nH]c1=O. The zero-order chi connectivity index (χ0) is 12.0. The van der Waals surface area contributed by atoms with Crippen molar-refractivity contribution in [3.8, 4) is 6.07 Å². The minimum absolute atomic E-state index is 0.145. The molecule has 0 fully saturated rings. The van der Waals surface area contributed by atoms with E-state index in [-0.39, 0.29) is 11.7 Å². The lowest BCUT2D eigenvalue weighted by Gasteiger charge is -2.06. The molecule has 0 saturated carbocycles. The molecule has 16 heavy (non-hydrogen) atoms. The van der Waals surface area contributed by atoms with Gasteiger partial charge < -0.3 is 5.32 Å². The maximum atomic E-state index is 11.2. The third-order valence-corrected chi connectivity index (χ3v) is 3.19. The molecule has 6 nitrogen and oxygen atoms in total. The zero-order valence-corrected chi connectivity index (χ0v) is 10.2. The summed E-state index contributed by atoms with van der Waals surface area (Å²) in [7, 11) is 1.76. The van der Waals surface area contributed by atoms with Gasteiger partial charge in [-0.1, -0.05) is 11.8 Å². The molecule has 1 rings (SSSR count). The van der Waals surface area contributed by atoms with Crippen LogP contribution in [0.5, 0.6) is 0 Å². The molecule has 0 aliphatic carbocycles. The molecule has 0 amide bonds. The van der Waals surface area contributed by atoms with Crippen molar-refractivity contribution in [2.24, 2.45) is 0 Å². The zero-order valence-electron chi connectivity index (χ0n) is 9.36. The second-order valence-corrected chi connectivity index (χ2v) is 4.23. The van der Waals surface area contributed by atoms with E-state index in [1.807, 2.05) is 6.92 Å². The van der Waals surface area contributed by atoms with E-state index >= 15 is 0 Å². The lowest BCUT2D eigenvalue weighted by atomic mass is 10.3. The number of thioether (sulfide) groups is 1. The summed E-state index contributed by atoms with van der Waals surface area (Å²) in [5.41, 5.74) is -0.185. The molecule has 0 aliphatic rings. The van der Waals surface area contributed by atoms with Crippen molar-refractivity contribution in [3.63, 3.8) is 0 Å². The van der Waals surface area contributed by atoms with E-state index in [0.717, 1.165) is 12.2 Å². The third kappa shape index (κ3) is 3.12. The number of aromatic amines is 1. The number of H-pyrrole nitrogens is 1. The van der Waals surface area contributed by atoms with Gasteiger partial charge in [0.2, 0.25) is 0 Å². The molecule has 0 aliphatic heterocycles. The summed E-state index contributed by atoms with van der Waals surface area (Å²) in [6, 6.07) is 2.01. The molecular weight excluding hydrogens is 226 g/mol. The summed E-state index contributed by atoms with van der Waals surface area (Å²) in [4.78, 5) is 11.2. The highest BCUT2D eigenvalue weighted by molar-refractivity contribution is 7.99. The minimum Gasteiger partial charge on any atom is -0.305 e. The summed E-state index contributed by atoms with van der Waals surface area (Å²) >= 11 is 1.48. The fourth-order valence-electron chi connectivity index (χ4n) is 1.23. The number of nitrogens with one attached hydrogen (secondary N) is 2. The fourth-order valence-corrected chi connectivity index (χ4v) is 2.25. The van der Waals surface area contributed by atoms with Gasteiger partial charge in [0.05, 0.1) is 12.1 Å². The largest absolute Gasteiger partial charge is 0.343 e. The van der Waals surface area contributed by atoms with Gasteiger partial charge in [-0.3, -0.25) is 4.57 Å². The van der Waals surface area contributed by atoms with Gasteiger partial charge in [0.25, 0.3) is 0 Å². The van der Waals surface area contributed by atoms with Crippen LogP contribution < -0.4 is 11.0 Å². The maximum Gasteiger partial charge on any atom is 0.343 e. The smallest absolute Gasteiger partial charge is 0.305 e. The van der Waals surface area contributed by atoms with Gasteiger partial charge in [0.15, 0.2) is 5.16 Å². The molecular formula is C9H15N5OS. The predicted octanol–water partition coefficient (Wildman–Crippen LogP) is 0.185. The molecule has 1 aromatic heterocycles. The Morgan fingerprint density at radius 1 is 1.75 bits per heavy atom. The Morgan fingerprint density at radius 2 is 2.50 bits per heavy atom. The molecule has 7 heteroatoms. The highest BCUT2D eigenvalue weighted by Gasteiger charge is 2.08. The number of hydrogen-bond donors (Lipinski definition) is 2. The van der Waals surface area contributed by atoms with Crippen LogP contribution in [0, 0.1) is 11.3 Å². The fraction of sp³-hybridized carbons (Fsp3) is 0.667. The lowest BCUT2D eigenvalue weighted by Crippen LogP contribution is -2.23. The van der Waals surface area contributed by atoms with Crippen LogP contribution in [0.25, 0.3) is 0 Å². The third-order valence-electron chi connectivity index (χ3n) is 2.18. The molecule has 88 valence electrons. The molecule has 1 aromatic rings. The summed E-state index contributed by atoms with van der Waals surface area (Å²) in [5.74, 6) is 0.753. The Kier molecular flexibility index (Phi) is 5.08. The van der Waals surface area contributed by atoms with Gasteiger partial charge in [-0.15, -0.1) is 5.10 Å². The second kappa shape index (κ2) is 6.35. The molecule has 2 N–H and O–H groups in total. The van der Waals surface area contributed by atoms with Gasteiger partial charge in [0.1, 0.15) is 0 Å². The minimum atomic E-state index is -0.185. The van der Waals surface area contributed by atoms with E-state index < -0.39 is 0 Å². The first-order valence-electron chi connectivity index (χ1n) is 5.07. The Hall–Kier alpha value is -1.26. The van der Waals surface area contributed by atoms with Crippen LogP contribution in [-0.4, -0.2) is 33.6 Å². The number of hydrogen-bond acceptors (Lipinski definition) is 5. The average Bonchev–Trinajstić information content (AvgIpc) is 2.65. The Labute approximate surface area is 98.0 Å². The molecule has 1 atom stereocenters. The van der Waals surface area contributed by atoms with Crippen molar-refractivity contribution in [2.45, 2.75) is 31.1 Å². The first-order chi connectivity index (χ1) is 7.72. The average molecular weight is 241 g/mol. The summed E-state index contributed by atoms with van der Waals surface area (Å²) < 4.78 is 1.57. The molecule has 0 bridgehead atoms. The first-order valence-corrected chi connectivity index (χ1v) is 6.06. The highest BCUT2D eigenvalue weighted by Crippen LogP contribution is 2.14. The summed E-state index contributed by atoms with van der Waals surface area (Å²) in [6.07, 6.45) is 0.725. The van der Waals surface area contributed by atoms with Crippen molar-refractivity contribution in [1.82, 2.24) is 20.1 Å². The van der Waals surface area contributed by atoms with E-state index in [9.17, 15) is 4.79 Å². The maximum absolute atomic E-state index is 11.2. The van der Waals surface area contributed by atoms with Gasteiger partial charge in [-0.25, -0.2) is 9.89 Å². The highest BCUT2D eigenvalue weighted by atomic mass is 32.2. The van der Waals surface area contributed by atoms with E-state index in [1.54, 1.807) is 11.6 Å². The summed E-state index contributed by atoms with van der Waals surface area (Å²) in [6.45, 7) is 2.50. The van der Waals surface area contributed by atoms with Gasteiger partial charge in [-0.05, 0) is 20.4 Å². The topological polar surface area (TPSA) is 86.5 Å². The van der Waals surface area contributed by atoms with Crippen molar-refractivity contribution in [1.29, 1.82) is 5.26 Å². The van der Waals surface area contributed by atoms with Crippen LogP contribution in [0.2, 0.25) is 0 Å². The first kappa shape index (κ1) is 12.8. The molecule has 1 heterocycles. The number of nitrogens with zero attached hydrogens (tertiary/aromatic N) is 3. The van der Waals surface area contributed by atoms with E-state index in [4.69, 9.17) is 5.26 Å². The molecule has 0 saturated heterocycles. The number of rotatable bonds is 6. The monoisotopic (exact) mass is 241 g/mol. The van der Waals surface area contributed by atoms with Crippen molar-refractivity contribution < 1.29 is 0 Å². The van der Waals surface area contributed by atoms with Crippen LogP contribution in [0.15, 0.2) is 9.95 Å². The lowest BCUT2D eigenvalue weighted by molar-refractivity contribution is 0.650. The van der Waals surface area contributed by atoms with Gasteiger partial charge in [0, 0.05) is 12.3 Å². The van der Waals surface area contributed by atoms with Crippen molar-refractivity contribution in [3.05, 3.63) is 10.5 Å². The summed E-state index contributed by atoms with van der Waals surface area (Å²) in [5, 5.41) is 18.6. The molecule has 0 aromatic carbocycles. The predicted molar refractivity (Wildman–Crippen MR) is 62.3 cm³/mol. The number of nitriles is 1. The van der Waals surface area contributed by atoms with Crippen LogP contribution in [-0.2, 0) is 6.54 Å². The van der Waals surface area contributed by atoms with Crippen molar-refractivity contribution >= 4 is 11.8 Å². The second-order valence-electron chi connectivity index (χ2n) is 3.16. The van der Waals surface area contributed by atoms with E-state index in [0.29, 0.717) is 11.7 Å². The van der Waals surface area contributed by atoms with Crippen molar-refractivity contribution in [2.75, 3.05) is 12.8 Å². The Balaban J connectivity index is 2.49. The van der Waals surface area contributed by atoms with Gasteiger partial charge >= 0.3 is 5.69 Å². The van der Waals surface area contributed by atoms with E-state index in [1.165, 1.54) is 11.8 Å².